The van der Waals surface area contributed by atoms with E-state index in [4.69, 9.17) is 4.74 Å². The molecule has 1 amide bonds. The van der Waals surface area contributed by atoms with E-state index in [2.05, 4.69) is 49.4 Å². The second-order valence-electron chi connectivity index (χ2n) is 10.0. The number of nitrogens with one attached hydrogen (secondary N) is 1. The minimum atomic E-state index is -0.262. The molecular weight excluding hydrogens is 485 g/mol. The number of hydrogen-bond acceptors (Lipinski definition) is 6. The molecular formula is C28H32FN7O2. The molecule has 4 heterocycles. The molecule has 0 spiro atoms. The maximum atomic E-state index is 13.6. The van der Waals surface area contributed by atoms with Gasteiger partial charge in [0.15, 0.2) is 0 Å². The topological polar surface area (TPSA) is 82.5 Å². The first-order valence-electron chi connectivity index (χ1n) is 13.2. The molecule has 2 saturated heterocycles. The van der Waals surface area contributed by atoms with Crippen molar-refractivity contribution in [2.45, 2.75) is 18.9 Å². The fourth-order valence-electron chi connectivity index (χ4n) is 5.58. The molecule has 2 fully saturated rings. The molecule has 10 heteroatoms. The van der Waals surface area contributed by atoms with E-state index < -0.39 is 0 Å². The van der Waals surface area contributed by atoms with Crippen molar-refractivity contribution in [3.63, 3.8) is 0 Å². The summed E-state index contributed by atoms with van der Waals surface area (Å²) < 4.78 is 20.7. The van der Waals surface area contributed by atoms with Crippen LogP contribution in [-0.4, -0.2) is 93.0 Å². The van der Waals surface area contributed by atoms with Gasteiger partial charge < -0.3 is 19.5 Å². The van der Waals surface area contributed by atoms with Gasteiger partial charge >= 0.3 is 6.09 Å². The van der Waals surface area contributed by atoms with Gasteiger partial charge in [-0.1, -0.05) is 12.1 Å². The Kier molecular flexibility index (Phi) is 7.06. The van der Waals surface area contributed by atoms with Gasteiger partial charge in [0.1, 0.15) is 25.1 Å². The first-order chi connectivity index (χ1) is 18.6. The monoisotopic (exact) mass is 517 g/mol. The largest absolute Gasteiger partial charge is 0.448 e. The molecule has 1 atom stereocenters. The number of hydrogen-bond donors (Lipinski definition) is 1. The average Bonchev–Trinajstić information content (AvgIpc) is 3.70. The van der Waals surface area contributed by atoms with Crippen LogP contribution >= 0.6 is 0 Å². The Morgan fingerprint density at radius 2 is 1.79 bits per heavy atom. The third-order valence-electron chi connectivity index (χ3n) is 7.73. The summed E-state index contributed by atoms with van der Waals surface area (Å²) in [5.74, 6) is -0.247. The van der Waals surface area contributed by atoms with Gasteiger partial charge in [-0.15, -0.1) is 10.2 Å². The Labute approximate surface area is 220 Å². The number of aromatic amines is 1. The number of cyclic esters (lactones) is 1. The lowest BCUT2D eigenvalue weighted by molar-refractivity contribution is 0.0799. The third-order valence-corrected chi connectivity index (χ3v) is 7.73. The molecule has 0 aliphatic carbocycles. The Bertz CT molecular complexity index is 1360. The van der Waals surface area contributed by atoms with E-state index in [9.17, 15) is 9.18 Å². The number of fused-ring (bicyclic) bond motifs is 1. The SMILES string of the molecule is O=C1OCCN1CC(c1ccc(F)cc1)N1CCN(CCCc2c[nH]c3ccc(-n4cnnc4)cc23)CC1. The van der Waals surface area contributed by atoms with Crippen LogP contribution < -0.4 is 0 Å². The quantitative estimate of drug-likeness (QED) is 0.365. The molecule has 2 aliphatic heterocycles. The number of H-pyrrole nitrogens is 1. The molecule has 0 radical (unpaired) electrons. The molecule has 6 rings (SSSR count). The lowest BCUT2D eigenvalue weighted by atomic mass is 10.0. The van der Waals surface area contributed by atoms with Gasteiger partial charge in [0.2, 0.25) is 0 Å². The number of aryl methyl sites for hydroxylation is 1. The average molecular weight is 518 g/mol. The molecule has 0 saturated carbocycles. The van der Waals surface area contributed by atoms with Crippen molar-refractivity contribution in [3.8, 4) is 5.69 Å². The summed E-state index contributed by atoms with van der Waals surface area (Å²) in [6.45, 7) is 6.36. The van der Waals surface area contributed by atoms with Crippen LogP contribution in [0.25, 0.3) is 16.6 Å². The zero-order chi connectivity index (χ0) is 25.9. The molecule has 2 aromatic heterocycles. The second kappa shape index (κ2) is 10.9. The van der Waals surface area contributed by atoms with Crippen molar-refractivity contribution >= 4 is 17.0 Å². The van der Waals surface area contributed by atoms with Gasteiger partial charge in [0, 0.05) is 55.5 Å². The minimum absolute atomic E-state index is 0.0227. The van der Waals surface area contributed by atoms with Crippen LogP contribution in [0, 0.1) is 5.82 Å². The lowest BCUT2D eigenvalue weighted by Gasteiger charge is -2.40. The molecule has 1 unspecified atom stereocenters. The maximum Gasteiger partial charge on any atom is 0.410 e. The van der Waals surface area contributed by atoms with E-state index in [1.165, 1.54) is 23.1 Å². The van der Waals surface area contributed by atoms with Gasteiger partial charge in [-0.2, -0.15) is 0 Å². The smallest absolute Gasteiger partial charge is 0.410 e. The van der Waals surface area contributed by atoms with Gasteiger partial charge in [-0.05, 0) is 60.8 Å². The minimum Gasteiger partial charge on any atom is -0.448 e. The Morgan fingerprint density at radius 3 is 2.53 bits per heavy atom. The fraction of sp³-hybridized carbons (Fsp3) is 0.393. The summed E-state index contributed by atoms with van der Waals surface area (Å²) in [6.07, 6.45) is 7.36. The van der Waals surface area contributed by atoms with Crippen LogP contribution in [-0.2, 0) is 11.2 Å². The zero-order valence-corrected chi connectivity index (χ0v) is 21.3. The van der Waals surface area contributed by atoms with Crippen molar-refractivity contribution in [2.75, 3.05) is 52.4 Å². The highest BCUT2D eigenvalue weighted by atomic mass is 19.1. The summed E-state index contributed by atoms with van der Waals surface area (Å²) in [5, 5.41) is 9.07. The summed E-state index contributed by atoms with van der Waals surface area (Å²) in [4.78, 5) is 22.2. The van der Waals surface area contributed by atoms with E-state index in [0.29, 0.717) is 19.7 Å². The lowest BCUT2D eigenvalue weighted by Crippen LogP contribution is -2.50. The summed E-state index contributed by atoms with van der Waals surface area (Å²) in [6, 6.07) is 13.1. The standard InChI is InChI=1S/C28H32FN7O2/c29-23-5-3-21(4-6-23)27(18-35-14-15-38-28(35)37)34-12-10-33(11-13-34)9-1-2-22-17-30-26-8-7-24(16-25(22)26)36-19-31-32-20-36/h3-8,16-17,19-20,27,30H,1-2,9-15,18H2. The van der Waals surface area contributed by atoms with Crippen LogP contribution in [0.3, 0.4) is 0 Å². The first-order valence-corrected chi connectivity index (χ1v) is 13.2. The van der Waals surface area contributed by atoms with Crippen LogP contribution in [0.15, 0.2) is 61.3 Å². The highest BCUT2D eigenvalue weighted by molar-refractivity contribution is 5.85. The Balaban J connectivity index is 1.05. The number of ether oxygens (including phenoxy) is 1. The van der Waals surface area contributed by atoms with Crippen LogP contribution in [0.2, 0.25) is 0 Å². The molecule has 38 heavy (non-hydrogen) atoms. The summed E-state index contributed by atoms with van der Waals surface area (Å²) in [7, 11) is 0. The number of amides is 1. The number of nitrogens with zero attached hydrogens (tertiary/aromatic N) is 6. The van der Waals surface area contributed by atoms with Crippen molar-refractivity contribution in [3.05, 3.63) is 78.3 Å². The van der Waals surface area contributed by atoms with Crippen LogP contribution in [0.4, 0.5) is 9.18 Å². The van der Waals surface area contributed by atoms with Crippen molar-refractivity contribution in [2.24, 2.45) is 0 Å². The predicted octanol–water partition coefficient (Wildman–Crippen LogP) is 3.63. The summed E-state index contributed by atoms with van der Waals surface area (Å²) in [5.41, 5.74) is 4.55. The Morgan fingerprint density at radius 1 is 1.00 bits per heavy atom. The zero-order valence-electron chi connectivity index (χ0n) is 21.3. The number of halogens is 1. The number of rotatable bonds is 9. The van der Waals surface area contributed by atoms with Crippen molar-refractivity contribution in [1.82, 2.24) is 34.4 Å². The Hall–Kier alpha value is -3.76. The van der Waals surface area contributed by atoms with E-state index >= 15 is 0 Å². The van der Waals surface area contributed by atoms with E-state index in [1.807, 2.05) is 16.7 Å². The molecule has 4 aromatic rings. The van der Waals surface area contributed by atoms with Gasteiger partial charge in [-0.3, -0.25) is 9.47 Å². The van der Waals surface area contributed by atoms with Gasteiger partial charge in [0.25, 0.3) is 0 Å². The molecule has 198 valence electrons. The molecule has 0 bridgehead atoms. The molecule has 1 N–H and O–H groups in total. The molecule has 9 nitrogen and oxygen atoms in total. The van der Waals surface area contributed by atoms with E-state index in [1.54, 1.807) is 17.6 Å². The number of carbonyl (C=O) groups is 1. The molecule has 2 aromatic carbocycles. The number of piperazine rings is 1. The maximum absolute atomic E-state index is 13.6. The van der Waals surface area contributed by atoms with Gasteiger partial charge in [-0.25, -0.2) is 9.18 Å². The van der Waals surface area contributed by atoms with E-state index in [0.717, 1.165) is 62.3 Å². The summed E-state index contributed by atoms with van der Waals surface area (Å²) >= 11 is 0. The first kappa shape index (κ1) is 24.6. The highest BCUT2D eigenvalue weighted by Gasteiger charge is 2.31. The normalized spacial score (nSPS) is 17.8. The van der Waals surface area contributed by atoms with Crippen molar-refractivity contribution in [1.29, 1.82) is 0 Å². The predicted molar refractivity (Wildman–Crippen MR) is 142 cm³/mol. The molecule has 2 aliphatic rings. The van der Waals surface area contributed by atoms with Crippen LogP contribution in [0.5, 0.6) is 0 Å². The number of benzene rings is 2. The number of carbonyl (C=O) groups excluding carboxylic acids is 1. The van der Waals surface area contributed by atoms with Gasteiger partial charge in [0.05, 0.1) is 12.6 Å². The van der Waals surface area contributed by atoms with Crippen molar-refractivity contribution < 1.29 is 13.9 Å². The highest BCUT2D eigenvalue weighted by Crippen LogP contribution is 2.26. The van der Waals surface area contributed by atoms with Crippen LogP contribution in [0.1, 0.15) is 23.6 Å². The number of aromatic nitrogens is 4. The third kappa shape index (κ3) is 5.27. The second-order valence-corrected chi connectivity index (χ2v) is 10.0. The fourth-order valence-corrected chi connectivity index (χ4v) is 5.58. The van der Waals surface area contributed by atoms with E-state index in [-0.39, 0.29) is 18.0 Å².